The molecule has 0 amide bonds. The van der Waals surface area contributed by atoms with Gasteiger partial charge in [-0.15, -0.1) is 0 Å². The number of aliphatic hydroxyl groups is 3. The fourth-order valence-corrected chi connectivity index (χ4v) is 4.61. The molecule has 17 heteroatoms. The molecule has 1 fully saturated rings. The number of aromatic carboxylic acids is 1. The molecule has 1 aliphatic rings. The molecule has 5 unspecified atom stereocenters. The van der Waals surface area contributed by atoms with Crippen LogP contribution in [0.2, 0.25) is 0 Å². The Kier molecular flexibility index (Phi) is 12.3. The second kappa shape index (κ2) is 16.6. The van der Waals surface area contributed by atoms with E-state index in [4.69, 9.17) is 34.2 Å². The number of esters is 1. The molecule has 264 valence electrons. The number of phenolic OH excluding ortho intramolecular Hbond substituents is 2. The molecule has 1 heterocycles. The van der Waals surface area contributed by atoms with Crippen molar-refractivity contribution in [2.45, 2.75) is 37.1 Å². The lowest BCUT2D eigenvalue weighted by molar-refractivity contribution is -0.277. The number of nitrogens with one attached hydrogen (secondary N) is 1. The number of carboxylic acid groups (broad SMARTS) is 1. The van der Waals surface area contributed by atoms with Crippen molar-refractivity contribution < 1.29 is 68.6 Å². The quantitative estimate of drug-likeness (QED) is 0.0492. The first kappa shape index (κ1) is 36.3. The Balaban J connectivity index is 1.47. The van der Waals surface area contributed by atoms with Crippen LogP contribution in [-0.4, -0.2) is 113 Å². The molecule has 0 spiro atoms. The third kappa shape index (κ3) is 8.90. The largest absolute Gasteiger partial charge is 0.504 e. The second-order valence-corrected chi connectivity index (χ2v) is 10.5. The van der Waals surface area contributed by atoms with Gasteiger partial charge in [0.15, 0.2) is 35.7 Å². The van der Waals surface area contributed by atoms with Gasteiger partial charge >= 0.3 is 11.9 Å². The zero-order valence-corrected chi connectivity index (χ0v) is 26.4. The van der Waals surface area contributed by atoms with Gasteiger partial charge in [0.25, 0.3) is 0 Å². The highest BCUT2D eigenvalue weighted by Gasteiger charge is 2.46. The van der Waals surface area contributed by atoms with Crippen LogP contribution < -0.4 is 30.0 Å². The summed E-state index contributed by atoms with van der Waals surface area (Å²) in [5, 5.41) is 65.2. The number of benzene rings is 3. The minimum atomic E-state index is -1.85. The topological polar surface area (TPSA) is 261 Å². The number of carboxylic acids is 1. The van der Waals surface area contributed by atoms with Gasteiger partial charge in [0.1, 0.15) is 36.6 Å². The van der Waals surface area contributed by atoms with E-state index in [1.807, 2.05) is 30.3 Å². The van der Waals surface area contributed by atoms with Crippen LogP contribution in [0.25, 0.3) is 0 Å². The first-order chi connectivity index (χ1) is 23.4. The highest BCUT2D eigenvalue weighted by molar-refractivity contribution is 5.95. The first-order valence-electron chi connectivity index (χ1n) is 14.7. The number of guanidine groups is 1. The van der Waals surface area contributed by atoms with Gasteiger partial charge in [0.05, 0.1) is 19.3 Å². The lowest BCUT2D eigenvalue weighted by Crippen LogP contribution is -2.60. The van der Waals surface area contributed by atoms with Crippen LogP contribution in [0.3, 0.4) is 0 Å². The van der Waals surface area contributed by atoms with Crippen LogP contribution in [0.1, 0.15) is 26.3 Å². The van der Waals surface area contributed by atoms with E-state index < -0.39 is 72.1 Å². The number of methoxy groups -OCH3 is 1. The average molecular weight is 688 g/mol. The van der Waals surface area contributed by atoms with Gasteiger partial charge in [0.2, 0.25) is 17.8 Å². The zero-order valence-electron chi connectivity index (χ0n) is 26.4. The van der Waals surface area contributed by atoms with Gasteiger partial charge in [-0.25, -0.2) is 9.59 Å². The summed E-state index contributed by atoms with van der Waals surface area (Å²) in [5.41, 5.74) is 5.89. The van der Waals surface area contributed by atoms with Crippen LogP contribution in [0.5, 0.6) is 34.5 Å². The van der Waals surface area contributed by atoms with Gasteiger partial charge in [-0.1, -0.05) is 30.3 Å². The van der Waals surface area contributed by atoms with Crippen LogP contribution in [0, 0.1) is 0 Å². The lowest BCUT2D eigenvalue weighted by atomic mass is 9.99. The van der Waals surface area contributed by atoms with Gasteiger partial charge < -0.3 is 70.1 Å². The lowest BCUT2D eigenvalue weighted by Gasteiger charge is -2.40. The number of aliphatic hydroxyl groups excluding tert-OH is 3. The summed E-state index contributed by atoms with van der Waals surface area (Å²) < 4.78 is 32.9. The fraction of sp³-hybridized carbons (Fsp3) is 0.344. The Labute approximate surface area is 279 Å². The Bertz CT molecular complexity index is 1640. The van der Waals surface area contributed by atoms with E-state index in [0.717, 1.165) is 17.7 Å². The molecule has 49 heavy (non-hydrogen) atoms. The van der Waals surface area contributed by atoms with E-state index in [2.05, 4.69) is 10.3 Å². The van der Waals surface area contributed by atoms with E-state index in [1.54, 1.807) is 0 Å². The van der Waals surface area contributed by atoms with E-state index in [1.165, 1.54) is 26.3 Å². The molecule has 17 nitrogen and oxygen atoms in total. The molecular weight excluding hydrogens is 650 g/mol. The van der Waals surface area contributed by atoms with Crippen LogP contribution in [0.15, 0.2) is 59.6 Å². The van der Waals surface area contributed by atoms with E-state index in [-0.39, 0.29) is 42.1 Å². The zero-order chi connectivity index (χ0) is 35.7. The van der Waals surface area contributed by atoms with E-state index in [0.29, 0.717) is 6.42 Å². The predicted octanol–water partition coefficient (Wildman–Crippen LogP) is 0.340. The molecule has 0 aromatic heterocycles. The fourth-order valence-electron chi connectivity index (χ4n) is 4.61. The number of nitrogens with zero attached hydrogens (tertiary/aromatic N) is 1. The third-order valence-electron chi connectivity index (χ3n) is 7.32. The smallest absolute Gasteiger partial charge is 0.342 e. The first-order valence-corrected chi connectivity index (χ1v) is 14.7. The maximum absolute atomic E-state index is 13.1. The number of carbonyl (C=O) groups is 2. The Morgan fingerprint density at radius 1 is 0.939 bits per heavy atom. The average Bonchev–Trinajstić information content (AvgIpc) is 3.10. The summed E-state index contributed by atoms with van der Waals surface area (Å²) in [7, 11) is 2.66. The highest BCUT2D eigenvalue weighted by Crippen LogP contribution is 2.46. The molecule has 1 saturated heterocycles. The maximum Gasteiger partial charge on any atom is 0.342 e. The van der Waals surface area contributed by atoms with Crippen molar-refractivity contribution in [1.29, 1.82) is 0 Å². The van der Waals surface area contributed by atoms with E-state index in [9.17, 15) is 40.2 Å². The minimum Gasteiger partial charge on any atom is -0.504 e. The molecule has 3 aromatic rings. The second-order valence-electron chi connectivity index (χ2n) is 10.5. The number of hydrogen-bond acceptors (Lipinski definition) is 14. The molecule has 5 atom stereocenters. The SMILES string of the molecule is CN=C(N)NCOc1cc(C(=O)O)ccc1OC1OC(COC(=O)c2cc(OC)c(O)c(OCCc3ccccc3)c2O)C(O)C(O)C1O. The number of hydrogen-bond donors (Lipinski definition) is 8. The summed E-state index contributed by atoms with van der Waals surface area (Å²) in [5.74, 6) is -4.53. The Morgan fingerprint density at radius 2 is 1.67 bits per heavy atom. The number of carbonyl (C=O) groups excluding carboxylic acids is 1. The third-order valence-corrected chi connectivity index (χ3v) is 7.32. The monoisotopic (exact) mass is 687 g/mol. The van der Waals surface area contributed by atoms with Crippen molar-refractivity contribution in [3.05, 3.63) is 71.3 Å². The molecule has 0 radical (unpaired) electrons. The molecular formula is C32H37N3O14. The molecule has 3 aromatic carbocycles. The van der Waals surface area contributed by atoms with Crippen LogP contribution >= 0.6 is 0 Å². The van der Waals surface area contributed by atoms with Crippen molar-refractivity contribution in [2.75, 3.05) is 34.1 Å². The molecule has 4 rings (SSSR count). The van der Waals surface area contributed by atoms with Gasteiger partial charge in [0, 0.05) is 19.5 Å². The molecule has 0 bridgehead atoms. The van der Waals surface area contributed by atoms with Gasteiger partial charge in [-0.3, -0.25) is 4.99 Å². The number of nitrogens with two attached hydrogens (primary N) is 1. The van der Waals surface area contributed by atoms with Crippen molar-refractivity contribution >= 4 is 17.9 Å². The highest BCUT2D eigenvalue weighted by atomic mass is 16.7. The van der Waals surface area contributed by atoms with E-state index >= 15 is 0 Å². The van der Waals surface area contributed by atoms with Crippen molar-refractivity contribution in [2.24, 2.45) is 10.7 Å². The molecule has 0 aliphatic carbocycles. The Hall–Kier alpha value is -5.49. The van der Waals surface area contributed by atoms with Gasteiger partial charge in [-0.05, 0) is 23.8 Å². The number of ether oxygens (including phenoxy) is 6. The summed E-state index contributed by atoms with van der Waals surface area (Å²) in [4.78, 5) is 28.3. The molecule has 9 N–H and O–H groups in total. The summed E-state index contributed by atoms with van der Waals surface area (Å²) in [6.07, 6.45) is -8.17. The molecule has 0 saturated carbocycles. The van der Waals surface area contributed by atoms with Gasteiger partial charge in [-0.2, -0.15) is 0 Å². The summed E-state index contributed by atoms with van der Waals surface area (Å²) in [6, 6.07) is 13.8. The standard InChI is InChI=1S/C32H37N3O14/c1-34-32(33)35-15-47-20-12-17(29(41)42)8-9-19(20)48-31-27(40)26(39)24(37)22(49-31)14-46-30(43)18-13-21(44-2)25(38)28(23(18)36)45-11-10-16-6-4-3-5-7-16/h3-9,12-13,22,24,26-27,31,36-40H,10-11,14-15H2,1-2H3,(H,41,42)(H3,33,34,35). The summed E-state index contributed by atoms with van der Waals surface area (Å²) in [6.45, 7) is -0.942. The number of rotatable bonds is 14. The van der Waals surface area contributed by atoms with Crippen LogP contribution in [0.4, 0.5) is 0 Å². The number of aromatic hydroxyl groups is 2. The minimum absolute atomic E-state index is 0.0276. The maximum atomic E-state index is 13.1. The van der Waals surface area contributed by atoms with Crippen LogP contribution in [-0.2, 0) is 15.9 Å². The Morgan fingerprint density at radius 3 is 2.35 bits per heavy atom. The normalized spacial score (nSPS) is 20.6. The molecule has 1 aliphatic heterocycles. The number of phenols is 2. The number of aliphatic imine (C=N–C) groups is 1. The summed E-state index contributed by atoms with van der Waals surface area (Å²) >= 11 is 0. The predicted molar refractivity (Wildman–Crippen MR) is 169 cm³/mol. The van der Waals surface area contributed by atoms with Crippen molar-refractivity contribution in [3.8, 4) is 34.5 Å². The van der Waals surface area contributed by atoms with Crippen molar-refractivity contribution in [3.63, 3.8) is 0 Å². The van der Waals surface area contributed by atoms with Crippen molar-refractivity contribution in [1.82, 2.24) is 5.32 Å².